The van der Waals surface area contributed by atoms with Crippen LogP contribution in [0.4, 0.5) is 4.39 Å². The summed E-state index contributed by atoms with van der Waals surface area (Å²) in [7, 11) is 1.33. The largest absolute Gasteiger partial charge is 0.464 e. The standard InChI is InChI=1S/C16H13ClFNO2S/c1-9-6-13-15(22-9)7-14(16(20)21-2)19(13)8-10-11(17)4-3-5-12(10)18/h3-7H,8H2,1-2H3. The summed E-state index contributed by atoms with van der Waals surface area (Å²) in [6.07, 6.45) is 0. The lowest BCUT2D eigenvalue weighted by Crippen LogP contribution is -2.12. The number of fused-ring (bicyclic) bond motifs is 1. The molecule has 3 nitrogen and oxygen atoms in total. The Balaban J connectivity index is 2.17. The topological polar surface area (TPSA) is 31.2 Å². The Morgan fingerprint density at radius 1 is 1.41 bits per heavy atom. The van der Waals surface area contributed by atoms with Crippen LogP contribution in [0.2, 0.25) is 5.02 Å². The molecule has 2 aromatic heterocycles. The number of esters is 1. The quantitative estimate of drug-likeness (QED) is 0.652. The van der Waals surface area contributed by atoms with Crippen molar-refractivity contribution in [2.75, 3.05) is 7.11 Å². The van der Waals surface area contributed by atoms with E-state index in [1.807, 2.05) is 13.0 Å². The van der Waals surface area contributed by atoms with E-state index in [1.54, 1.807) is 34.1 Å². The number of benzene rings is 1. The molecule has 0 N–H and O–H groups in total. The number of methoxy groups -OCH3 is 1. The number of aromatic nitrogens is 1. The Kier molecular flexibility index (Phi) is 3.93. The highest BCUT2D eigenvalue weighted by molar-refractivity contribution is 7.19. The number of aryl methyl sites for hydroxylation is 1. The lowest BCUT2D eigenvalue weighted by Gasteiger charge is -2.11. The van der Waals surface area contributed by atoms with Crippen LogP contribution in [-0.2, 0) is 11.3 Å². The Morgan fingerprint density at radius 2 is 2.18 bits per heavy atom. The predicted molar refractivity (Wildman–Crippen MR) is 86.4 cm³/mol. The van der Waals surface area contributed by atoms with Crippen molar-refractivity contribution in [1.29, 1.82) is 0 Å². The number of halogens is 2. The van der Waals surface area contributed by atoms with Crippen LogP contribution in [0.15, 0.2) is 30.3 Å². The van der Waals surface area contributed by atoms with Gasteiger partial charge in [0.05, 0.1) is 23.9 Å². The minimum absolute atomic E-state index is 0.176. The highest BCUT2D eigenvalue weighted by atomic mass is 35.5. The highest BCUT2D eigenvalue weighted by Gasteiger charge is 2.19. The second kappa shape index (κ2) is 5.74. The number of carbonyl (C=O) groups excluding carboxylic acids is 1. The Labute approximate surface area is 135 Å². The molecule has 0 spiro atoms. The maximum Gasteiger partial charge on any atom is 0.354 e. The van der Waals surface area contributed by atoms with E-state index in [4.69, 9.17) is 16.3 Å². The number of nitrogens with zero attached hydrogens (tertiary/aromatic N) is 1. The first-order valence-corrected chi connectivity index (χ1v) is 7.81. The number of carbonyl (C=O) groups is 1. The van der Waals surface area contributed by atoms with Crippen molar-refractivity contribution >= 4 is 39.1 Å². The van der Waals surface area contributed by atoms with Gasteiger partial charge in [0, 0.05) is 15.5 Å². The van der Waals surface area contributed by atoms with Gasteiger partial charge in [-0.15, -0.1) is 11.3 Å². The monoisotopic (exact) mass is 337 g/mol. The van der Waals surface area contributed by atoms with Gasteiger partial charge in [-0.1, -0.05) is 17.7 Å². The third-order valence-corrected chi connectivity index (χ3v) is 4.83. The van der Waals surface area contributed by atoms with Gasteiger partial charge in [0.2, 0.25) is 0 Å². The molecule has 1 aromatic carbocycles. The fourth-order valence-electron chi connectivity index (χ4n) is 2.45. The van der Waals surface area contributed by atoms with Crippen molar-refractivity contribution < 1.29 is 13.9 Å². The predicted octanol–water partition coefficient (Wildman–Crippen LogP) is 4.64. The minimum atomic E-state index is -0.450. The minimum Gasteiger partial charge on any atom is -0.464 e. The summed E-state index contributed by atoms with van der Waals surface area (Å²) in [6, 6.07) is 8.30. The van der Waals surface area contributed by atoms with Crippen molar-refractivity contribution in [2.24, 2.45) is 0 Å². The van der Waals surface area contributed by atoms with Crippen LogP contribution in [0, 0.1) is 12.7 Å². The molecular formula is C16H13ClFNO2S. The first kappa shape index (κ1) is 15.1. The normalized spacial score (nSPS) is 11.1. The molecule has 6 heteroatoms. The molecule has 114 valence electrons. The Morgan fingerprint density at radius 3 is 2.86 bits per heavy atom. The molecule has 22 heavy (non-hydrogen) atoms. The number of hydrogen-bond donors (Lipinski definition) is 0. The van der Waals surface area contributed by atoms with Crippen molar-refractivity contribution in [1.82, 2.24) is 4.57 Å². The molecule has 0 atom stereocenters. The molecule has 0 saturated heterocycles. The summed E-state index contributed by atoms with van der Waals surface area (Å²) in [6.45, 7) is 2.17. The summed E-state index contributed by atoms with van der Waals surface area (Å²) in [4.78, 5) is 13.1. The lowest BCUT2D eigenvalue weighted by molar-refractivity contribution is 0.0589. The van der Waals surface area contributed by atoms with Gasteiger partial charge in [-0.2, -0.15) is 0 Å². The third kappa shape index (κ3) is 2.51. The molecule has 0 bridgehead atoms. The van der Waals surface area contributed by atoms with Crippen LogP contribution in [0.25, 0.3) is 10.2 Å². The molecule has 0 fully saturated rings. The van der Waals surface area contributed by atoms with Crippen molar-refractivity contribution in [2.45, 2.75) is 13.5 Å². The van der Waals surface area contributed by atoms with E-state index >= 15 is 0 Å². The fourth-order valence-corrected chi connectivity index (χ4v) is 3.64. The van der Waals surface area contributed by atoms with Gasteiger partial charge in [0.25, 0.3) is 0 Å². The van der Waals surface area contributed by atoms with Crippen LogP contribution in [0.5, 0.6) is 0 Å². The van der Waals surface area contributed by atoms with Gasteiger partial charge in [0.1, 0.15) is 11.5 Å². The van der Waals surface area contributed by atoms with Crippen LogP contribution >= 0.6 is 22.9 Å². The number of thiophene rings is 1. The lowest BCUT2D eigenvalue weighted by atomic mass is 10.2. The average molecular weight is 338 g/mol. The number of ether oxygens (including phenoxy) is 1. The number of rotatable bonds is 3. The van der Waals surface area contributed by atoms with Gasteiger partial charge < -0.3 is 9.30 Å². The average Bonchev–Trinajstić information content (AvgIpc) is 2.99. The zero-order valence-corrected chi connectivity index (χ0v) is 13.6. The molecule has 3 aromatic rings. The van der Waals surface area contributed by atoms with Crippen molar-refractivity contribution in [3.63, 3.8) is 0 Å². The summed E-state index contributed by atoms with van der Waals surface area (Å²) >= 11 is 7.68. The molecule has 0 unspecified atom stereocenters. The molecule has 0 amide bonds. The van der Waals surface area contributed by atoms with E-state index < -0.39 is 11.8 Å². The van der Waals surface area contributed by atoms with E-state index in [0.717, 1.165) is 15.1 Å². The smallest absolute Gasteiger partial charge is 0.354 e. The molecule has 3 rings (SSSR count). The van der Waals surface area contributed by atoms with Gasteiger partial charge in [-0.05, 0) is 31.2 Å². The molecular weight excluding hydrogens is 325 g/mol. The summed E-state index contributed by atoms with van der Waals surface area (Å²) in [5.41, 5.74) is 1.63. The van der Waals surface area contributed by atoms with Gasteiger partial charge in [-0.3, -0.25) is 0 Å². The summed E-state index contributed by atoms with van der Waals surface area (Å²) in [5.74, 6) is -0.842. The molecule has 0 aliphatic rings. The summed E-state index contributed by atoms with van der Waals surface area (Å²) in [5, 5.41) is 0.338. The van der Waals surface area contributed by atoms with Gasteiger partial charge in [-0.25, -0.2) is 9.18 Å². The SMILES string of the molecule is COC(=O)c1cc2sc(C)cc2n1Cc1c(F)cccc1Cl. The maximum atomic E-state index is 14.1. The summed E-state index contributed by atoms with van der Waals surface area (Å²) < 4.78 is 21.6. The van der Waals surface area contributed by atoms with Gasteiger partial charge >= 0.3 is 5.97 Å². The maximum absolute atomic E-state index is 14.1. The van der Waals surface area contributed by atoms with E-state index in [9.17, 15) is 9.18 Å². The molecule has 2 heterocycles. The van der Waals surface area contributed by atoms with E-state index in [0.29, 0.717) is 16.3 Å². The van der Waals surface area contributed by atoms with Crippen LogP contribution in [0.1, 0.15) is 20.9 Å². The van der Waals surface area contributed by atoms with Crippen LogP contribution in [0.3, 0.4) is 0 Å². The molecule has 0 aliphatic carbocycles. The Bertz CT molecular complexity index is 848. The second-order valence-electron chi connectivity index (χ2n) is 4.91. The first-order valence-electron chi connectivity index (χ1n) is 6.62. The van der Waals surface area contributed by atoms with E-state index in [2.05, 4.69) is 0 Å². The second-order valence-corrected chi connectivity index (χ2v) is 6.61. The van der Waals surface area contributed by atoms with E-state index in [1.165, 1.54) is 13.2 Å². The number of hydrogen-bond acceptors (Lipinski definition) is 3. The third-order valence-electron chi connectivity index (χ3n) is 3.49. The van der Waals surface area contributed by atoms with Crippen LogP contribution in [-0.4, -0.2) is 17.6 Å². The molecule has 0 radical (unpaired) electrons. The fraction of sp³-hybridized carbons (Fsp3) is 0.188. The van der Waals surface area contributed by atoms with Crippen molar-refractivity contribution in [3.05, 3.63) is 57.3 Å². The van der Waals surface area contributed by atoms with Crippen molar-refractivity contribution in [3.8, 4) is 0 Å². The first-order chi connectivity index (χ1) is 10.5. The van der Waals surface area contributed by atoms with Crippen LogP contribution < -0.4 is 0 Å². The zero-order chi connectivity index (χ0) is 15.9. The van der Waals surface area contributed by atoms with E-state index in [-0.39, 0.29) is 6.54 Å². The zero-order valence-electron chi connectivity index (χ0n) is 12.0. The molecule has 0 aliphatic heterocycles. The van der Waals surface area contributed by atoms with Gasteiger partial charge in [0.15, 0.2) is 0 Å². The molecule has 0 saturated carbocycles. The Hall–Kier alpha value is -1.85. The highest BCUT2D eigenvalue weighted by Crippen LogP contribution is 2.31.